The van der Waals surface area contributed by atoms with Gasteiger partial charge in [0.1, 0.15) is 6.61 Å². The number of rotatable bonds is 8. The average Bonchev–Trinajstić information content (AvgIpc) is 3.07. The highest BCUT2D eigenvalue weighted by molar-refractivity contribution is 5.79. The molecular weight excluding hydrogens is 294 g/mol. The van der Waals surface area contributed by atoms with Crippen LogP contribution < -0.4 is 20.1 Å². The van der Waals surface area contributed by atoms with E-state index in [4.69, 9.17) is 9.47 Å². The van der Waals surface area contributed by atoms with Crippen LogP contribution in [-0.4, -0.2) is 58.3 Å². The summed E-state index contributed by atoms with van der Waals surface area (Å²) in [7, 11) is 5.64. The first-order valence-corrected chi connectivity index (χ1v) is 8.03. The van der Waals surface area contributed by atoms with E-state index in [9.17, 15) is 4.79 Å². The van der Waals surface area contributed by atoms with Gasteiger partial charge in [0.25, 0.3) is 0 Å². The van der Waals surface area contributed by atoms with Crippen LogP contribution in [0.5, 0.6) is 11.5 Å². The normalized spacial score (nSPS) is 17.3. The van der Waals surface area contributed by atoms with E-state index < -0.39 is 0 Å². The molecule has 0 bridgehead atoms. The molecule has 1 aromatic carbocycles. The minimum Gasteiger partial charge on any atom is -0.493 e. The molecule has 1 fully saturated rings. The van der Waals surface area contributed by atoms with Crippen molar-refractivity contribution in [1.29, 1.82) is 0 Å². The Kier molecular flexibility index (Phi) is 6.67. The van der Waals surface area contributed by atoms with Crippen molar-refractivity contribution in [3.05, 3.63) is 23.8 Å². The minimum absolute atomic E-state index is 0.0885. The van der Waals surface area contributed by atoms with Crippen molar-refractivity contribution >= 4 is 5.91 Å². The number of carbonyl (C=O) groups excluding carboxylic acids is 1. The maximum atomic E-state index is 12.0. The van der Waals surface area contributed by atoms with E-state index >= 15 is 0 Å². The van der Waals surface area contributed by atoms with E-state index in [0.29, 0.717) is 18.9 Å². The molecule has 6 nitrogen and oxygen atoms in total. The van der Waals surface area contributed by atoms with Crippen molar-refractivity contribution in [3.63, 3.8) is 0 Å². The minimum atomic E-state index is 0.0885. The Labute approximate surface area is 138 Å². The van der Waals surface area contributed by atoms with Gasteiger partial charge in [-0.15, -0.1) is 0 Å². The van der Waals surface area contributed by atoms with Crippen LogP contribution in [0.25, 0.3) is 0 Å². The summed E-state index contributed by atoms with van der Waals surface area (Å²) in [6.07, 6.45) is 0.911. The quantitative estimate of drug-likeness (QED) is 0.744. The molecule has 2 N–H and O–H groups in total. The molecule has 2 rings (SSSR count). The SMILES string of the molecule is COc1cc(CNC(=O)C2CCNC2)ccc1OCCN(C)C. The molecule has 0 aliphatic carbocycles. The third kappa shape index (κ3) is 5.41. The lowest BCUT2D eigenvalue weighted by Crippen LogP contribution is -2.31. The molecule has 128 valence electrons. The Hall–Kier alpha value is -1.79. The molecule has 1 aliphatic heterocycles. The van der Waals surface area contributed by atoms with Gasteiger partial charge in [-0.1, -0.05) is 6.07 Å². The summed E-state index contributed by atoms with van der Waals surface area (Å²) < 4.78 is 11.1. The number of hydrogen-bond acceptors (Lipinski definition) is 5. The molecule has 1 amide bonds. The van der Waals surface area contributed by atoms with Crippen molar-refractivity contribution in [2.45, 2.75) is 13.0 Å². The number of likely N-dealkylation sites (N-methyl/N-ethyl adjacent to an activating group) is 1. The Morgan fingerprint density at radius 1 is 1.39 bits per heavy atom. The van der Waals surface area contributed by atoms with Crippen LogP contribution in [0.2, 0.25) is 0 Å². The Bertz CT molecular complexity index is 514. The van der Waals surface area contributed by atoms with Crippen LogP contribution in [0.1, 0.15) is 12.0 Å². The molecule has 1 saturated heterocycles. The van der Waals surface area contributed by atoms with Gasteiger partial charge in [0.2, 0.25) is 5.91 Å². The summed E-state index contributed by atoms with van der Waals surface area (Å²) in [4.78, 5) is 14.1. The highest BCUT2D eigenvalue weighted by atomic mass is 16.5. The fourth-order valence-corrected chi connectivity index (χ4v) is 2.49. The first-order valence-electron chi connectivity index (χ1n) is 8.03. The number of benzene rings is 1. The highest BCUT2D eigenvalue weighted by Gasteiger charge is 2.21. The lowest BCUT2D eigenvalue weighted by molar-refractivity contribution is -0.124. The molecular formula is C17H27N3O3. The van der Waals surface area contributed by atoms with Crippen LogP contribution in [0, 0.1) is 5.92 Å². The average molecular weight is 321 g/mol. The largest absolute Gasteiger partial charge is 0.493 e. The number of hydrogen-bond donors (Lipinski definition) is 2. The third-order valence-corrected chi connectivity index (χ3v) is 3.92. The Morgan fingerprint density at radius 3 is 2.87 bits per heavy atom. The standard InChI is InChI=1S/C17H27N3O3/c1-20(2)8-9-23-15-5-4-13(10-16(15)22-3)11-19-17(21)14-6-7-18-12-14/h4-5,10,14,18H,6-9,11-12H2,1-3H3,(H,19,21). The zero-order valence-electron chi connectivity index (χ0n) is 14.2. The number of nitrogens with one attached hydrogen (secondary N) is 2. The molecule has 0 spiro atoms. The molecule has 1 unspecified atom stereocenters. The molecule has 6 heteroatoms. The number of amides is 1. The van der Waals surface area contributed by atoms with Gasteiger partial charge in [0.05, 0.1) is 13.0 Å². The first-order chi connectivity index (χ1) is 11.1. The predicted molar refractivity (Wildman–Crippen MR) is 89.9 cm³/mol. The fourth-order valence-electron chi connectivity index (χ4n) is 2.49. The monoisotopic (exact) mass is 321 g/mol. The predicted octanol–water partition coefficient (Wildman–Crippen LogP) is 0.861. The summed E-state index contributed by atoms with van der Waals surface area (Å²) in [5, 5.41) is 6.19. The van der Waals surface area contributed by atoms with E-state index in [2.05, 4.69) is 15.5 Å². The fraction of sp³-hybridized carbons (Fsp3) is 0.588. The summed E-state index contributed by atoms with van der Waals surface area (Å²) >= 11 is 0. The molecule has 0 radical (unpaired) electrons. The highest BCUT2D eigenvalue weighted by Crippen LogP contribution is 2.28. The smallest absolute Gasteiger partial charge is 0.224 e. The van der Waals surface area contributed by atoms with Crippen molar-refractivity contribution in [3.8, 4) is 11.5 Å². The second-order valence-corrected chi connectivity index (χ2v) is 6.04. The van der Waals surface area contributed by atoms with Crippen LogP contribution in [0.15, 0.2) is 18.2 Å². The van der Waals surface area contributed by atoms with Crippen LogP contribution in [-0.2, 0) is 11.3 Å². The third-order valence-electron chi connectivity index (χ3n) is 3.92. The maximum Gasteiger partial charge on any atom is 0.224 e. The summed E-state index contributed by atoms with van der Waals surface area (Å²) in [5.74, 6) is 1.62. The molecule has 0 saturated carbocycles. The molecule has 0 aromatic heterocycles. The summed E-state index contributed by atoms with van der Waals surface area (Å²) in [6.45, 7) is 3.65. The van der Waals surface area contributed by atoms with Crippen LogP contribution >= 0.6 is 0 Å². The molecule has 1 aliphatic rings. The van der Waals surface area contributed by atoms with Gasteiger partial charge in [0.15, 0.2) is 11.5 Å². The second-order valence-electron chi connectivity index (χ2n) is 6.04. The van der Waals surface area contributed by atoms with E-state index in [-0.39, 0.29) is 11.8 Å². The zero-order valence-corrected chi connectivity index (χ0v) is 14.2. The first kappa shape index (κ1) is 17.6. The van der Waals surface area contributed by atoms with Crippen molar-refractivity contribution in [2.24, 2.45) is 5.92 Å². The molecule has 1 heterocycles. The lowest BCUT2D eigenvalue weighted by atomic mass is 10.1. The van der Waals surface area contributed by atoms with Gasteiger partial charge in [-0.05, 0) is 44.8 Å². The summed E-state index contributed by atoms with van der Waals surface area (Å²) in [6, 6.07) is 5.77. The second kappa shape index (κ2) is 8.74. The van der Waals surface area contributed by atoms with Gasteiger partial charge in [-0.2, -0.15) is 0 Å². The molecule has 1 aromatic rings. The maximum absolute atomic E-state index is 12.0. The Morgan fingerprint density at radius 2 is 2.22 bits per heavy atom. The van der Waals surface area contributed by atoms with Crippen LogP contribution in [0.4, 0.5) is 0 Å². The van der Waals surface area contributed by atoms with Gasteiger partial charge >= 0.3 is 0 Å². The van der Waals surface area contributed by atoms with E-state index in [1.54, 1.807) is 7.11 Å². The summed E-state index contributed by atoms with van der Waals surface area (Å²) in [5.41, 5.74) is 1.00. The van der Waals surface area contributed by atoms with E-state index in [1.807, 2.05) is 32.3 Å². The van der Waals surface area contributed by atoms with E-state index in [0.717, 1.165) is 37.4 Å². The molecule has 1 atom stereocenters. The number of ether oxygens (including phenoxy) is 2. The lowest BCUT2D eigenvalue weighted by Gasteiger charge is -2.15. The van der Waals surface area contributed by atoms with Crippen molar-refractivity contribution in [1.82, 2.24) is 15.5 Å². The van der Waals surface area contributed by atoms with Crippen LogP contribution in [0.3, 0.4) is 0 Å². The van der Waals surface area contributed by atoms with Gasteiger partial charge < -0.3 is 25.0 Å². The number of carbonyl (C=O) groups is 1. The Balaban J connectivity index is 1.88. The number of nitrogens with zero attached hydrogens (tertiary/aromatic N) is 1. The van der Waals surface area contributed by atoms with Gasteiger partial charge in [-0.25, -0.2) is 0 Å². The van der Waals surface area contributed by atoms with E-state index in [1.165, 1.54) is 0 Å². The van der Waals surface area contributed by atoms with Crippen molar-refractivity contribution in [2.75, 3.05) is 47.4 Å². The molecule has 23 heavy (non-hydrogen) atoms. The number of methoxy groups -OCH3 is 1. The van der Waals surface area contributed by atoms with Crippen molar-refractivity contribution < 1.29 is 14.3 Å². The van der Waals surface area contributed by atoms with Gasteiger partial charge in [-0.3, -0.25) is 4.79 Å². The zero-order chi connectivity index (χ0) is 16.7. The topological polar surface area (TPSA) is 62.8 Å². The van der Waals surface area contributed by atoms with Gasteiger partial charge in [0, 0.05) is 19.6 Å².